The van der Waals surface area contributed by atoms with Crippen molar-refractivity contribution in [3.05, 3.63) is 32.8 Å². The molecule has 0 aromatic heterocycles. The maximum Gasteiger partial charge on any atom is 0.0850 e. The van der Waals surface area contributed by atoms with E-state index >= 15 is 0 Å². The van der Waals surface area contributed by atoms with Crippen LogP contribution in [0.25, 0.3) is 0 Å². The minimum atomic E-state index is 0.315. The lowest BCUT2D eigenvalue weighted by molar-refractivity contribution is 0.407. The molecule has 0 radical (unpaired) electrons. The molecule has 0 N–H and O–H groups in total. The Balaban J connectivity index is 2.27. The largest absolute Gasteiger partial charge is 0.373 e. The van der Waals surface area contributed by atoms with E-state index in [9.17, 15) is 0 Å². The number of rotatable bonds is 2. The fraction of sp³-hybridized carbons (Fsp3) is 0.333. The van der Waals surface area contributed by atoms with Gasteiger partial charge >= 0.3 is 0 Å². The van der Waals surface area contributed by atoms with E-state index in [0.717, 1.165) is 18.6 Å². The predicted molar refractivity (Wildman–Crippen MR) is 54.9 cm³/mol. The van der Waals surface area contributed by atoms with Gasteiger partial charge in [0.25, 0.3) is 0 Å². The van der Waals surface area contributed by atoms with Crippen molar-refractivity contribution in [1.29, 1.82) is 0 Å². The lowest BCUT2D eigenvalue weighted by atomic mass is 10.1. The summed E-state index contributed by atoms with van der Waals surface area (Å²) in [6, 6.07) is 3.47. The van der Waals surface area contributed by atoms with Gasteiger partial charge in [0.1, 0.15) is 0 Å². The number of benzene rings is 1. The van der Waals surface area contributed by atoms with Crippen molar-refractivity contribution in [3.63, 3.8) is 0 Å². The van der Waals surface area contributed by atoms with Gasteiger partial charge in [0.15, 0.2) is 0 Å². The lowest BCUT2D eigenvalue weighted by Crippen LogP contribution is -1.94. The van der Waals surface area contributed by atoms with Crippen LogP contribution < -0.4 is 0 Å². The molecule has 1 nitrogen and oxygen atoms in total. The van der Waals surface area contributed by atoms with Crippen LogP contribution >= 0.6 is 34.8 Å². The highest BCUT2D eigenvalue weighted by molar-refractivity contribution is 6.43. The van der Waals surface area contributed by atoms with E-state index in [4.69, 9.17) is 39.5 Å². The summed E-state index contributed by atoms with van der Waals surface area (Å²) in [4.78, 5) is 0. The molecule has 1 aromatic rings. The average Bonchev–Trinajstić information content (AvgIpc) is 2.84. The summed E-state index contributed by atoms with van der Waals surface area (Å²) in [5.41, 5.74) is 0.999. The highest BCUT2D eigenvalue weighted by Gasteiger charge is 2.24. The first-order chi connectivity index (χ1) is 6.16. The number of ether oxygens (including phenoxy) is 1. The molecule has 1 fully saturated rings. The third kappa shape index (κ3) is 2.29. The molecule has 0 bridgehead atoms. The minimum absolute atomic E-state index is 0.315. The molecule has 0 spiro atoms. The normalized spacial score (nSPS) is 20.4. The zero-order valence-corrected chi connectivity index (χ0v) is 8.96. The average molecular weight is 238 g/mol. The van der Waals surface area contributed by atoms with Crippen LogP contribution in [0.5, 0.6) is 0 Å². The fourth-order valence-corrected chi connectivity index (χ4v) is 1.80. The van der Waals surface area contributed by atoms with Gasteiger partial charge in [-0.15, -0.1) is 0 Å². The number of hydrogen-bond acceptors (Lipinski definition) is 1. The Morgan fingerprint density at radius 2 is 1.77 bits per heavy atom. The predicted octanol–water partition coefficient (Wildman–Crippen LogP) is 3.59. The second-order valence-electron chi connectivity index (χ2n) is 3.02. The van der Waals surface area contributed by atoms with E-state index in [1.54, 1.807) is 12.1 Å². The van der Waals surface area contributed by atoms with Gasteiger partial charge in [-0.25, -0.2) is 0 Å². The molecule has 0 amide bonds. The van der Waals surface area contributed by atoms with Gasteiger partial charge in [-0.05, 0) is 17.7 Å². The number of hydrogen-bond donors (Lipinski definition) is 0. The highest BCUT2D eigenvalue weighted by atomic mass is 35.5. The second-order valence-corrected chi connectivity index (χ2v) is 4.24. The molecule has 1 unspecified atom stereocenters. The van der Waals surface area contributed by atoms with E-state index in [1.807, 2.05) is 0 Å². The number of epoxide rings is 1. The van der Waals surface area contributed by atoms with E-state index < -0.39 is 0 Å². The van der Waals surface area contributed by atoms with Gasteiger partial charge in [-0.3, -0.25) is 0 Å². The Hall–Kier alpha value is 0.0500. The molecular weight excluding hydrogens is 230 g/mol. The topological polar surface area (TPSA) is 12.5 Å². The van der Waals surface area contributed by atoms with E-state index in [2.05, 4.69) is 0 Å². The van der Waals surface area contributed by atoms with Crippen molar-refractivity contribution in [3.8, 4) is 0 Å². The summed E-state index contributed by atoms with van der Waals surface area (Å²) in [6.07, 6.45) is 1.13. The second kappa shape index (κ2) is 3.66. The van der Waals surface area contributed by atoms with Crippen molar-refractivity contribution in [2.45, 2.75) is 12.5 Å². The molecule has 4 heteroatoms. The van der Waals surface area contributed by atoms with Crippen molar-refractivity contribution in [1.82, 2.24) is 0 Å². The molecule has 2 rings (SSSR count). The first-order valence-electron chi connectivity index (χ1n) is 3.92. The summed E-state index contributed by atoms with van der Waals surface area (Å²) >= 11 is 17.6. The molecule has 1 heterocycles. The molecule has 0 saturated carbocycles. The summed E-state index contributed by atoms with van der Waals surface area (Å²) in [6.45, 7) is 0.816. The van der Waals surface area contributed by atoms with Crippen LogP contribution in [-0.4, -0.2) is 12.7 Å². The van der Waals surface area contributed by atoms with Gasteiger partial charge in [-0.2, -0.15) is 0 Å². The Morgan fingerprint density at radius 3 is 2.38 bits per heavy atom. The standard InChI is InChI=1S/C9H7Cl3O/c10-7-3-9(12)8(11)2-5(7)1-6-4-13-6/h2-3,6H,1,4H2. The molecule has 0 aliphatic carbocycles. The van der Waals surface area contributed by atoms with Crippen molar-refractivity contribution < 1.29 is 4.74 Å². The Morgan fingerprint density at radius 1 is 1.15 bits per heavy atom. The molecule has 1 aliphatic heterocycles. The zero-order chi connectivity index (χ0) is 9.42. The van der Waals surface area contributed by atoms with Crippen molar-refractivity contribution in [2.24, 2.45) is 0 Å². The zero-order valence-electron chi connectivity index (χ0n) is 6.69. The third-order valence-electron chi connectivity index (χ3n) is 1.94. The highest BCUT2D eigenvalue weighted by Crippen LogP contribution is 2.31. The van der Waals surface area contributed by atoms with E-state index in [-0.39, 0.29) is 0 Å². The summed E-state index contributed by atoms with van der Waals surface area (Å²) in [7, 11) is 0. The molecule has 1 aliphatic rings. The van der Waals surface area contributed by atoms with Gasteiger partial charge in [0.2, 0.25) is 0 Å². The van der Waals surface area contributed by atoms with Crippen molar-refractivity contribution >= 4 is 34.8 Å². The summed E-state index contributed by atoms with van der Waals surface area (Å²) in [5, 5.41) is 1.69. The molecular formula is C9H7Cl3O. The summed E-state index contributed by atoms with van der Waals surface area (Å²) < 4.78 is 5.10. The van der Waals surface area contributed by atoms with Gasteiger partial charge in [0.05, 0.1) is 22.8 Å². The van der Waals surface area contributed by atoms with Crippen LogP contribution in [0.1, 0.15) is 5.56 Å². The van der Waals surface area contributed by atoms with Crippen molar-refractivity contribution in [2.75, 3.05) is 6.61 Å². The Kier molecular flexibility index (Phi) is 2.70. The van der Waals surface area contributed by atoms with Gasteiger partial charge in [0, 0.05) is 11.4 Å². The maximum absolute atomic E-state index is 5.97. The molecule has 1 aromatic carbocycles. The van der Waals surface area contributed by atoms with Crippen LogP contribution in [0.15, 0.2) is 12.1 Å². The molecule has 1 saturated heterocycles. The summed E-state index contributed by atoms with van der Waals surface area (Å²) in [5.74, 6) is 0. The van der Waals surface area contributed by atoms with E-state index in [0.29, 0.717) is 21.2 Å². The monoisotopic (exact) mass is 236 g/mol. The fourth-order valence-electron chi connectivity index (χ4n) is 1.15. The molecule has 1 atom stereocenters. The third-order valence-corrected chi connectivity index (χ3v) is 3.01. The van der Waals surface area contributed by atoms with Crippen LogP contribution in [0.2, 0.25) is 15.1 Å². The minimum Gasteiger partial charge on any atom is -0.373 e. The first kappa shape index (κ1) is 9.60. The van der Waals surface area contributed by atoms with Crippen LogP contribution in [0.3, 0.4) is 0 Å². The van der Waals surface area contributed by atoms with Crippen LogP contribution in [0.4, 0.5) is 0 Å². The number of halogens is 3. The molecule has 13 heavy (non-hydrogen) atoms. The SMILES string of the molecule is Clc1cc(Cl)c(CC2CO2)cc1Cl. The van der Waals surface area contributed by atoms with Crippen LogP contribution in [0, 0.1) is 0 Å². The Labute approximate surface area is 91.5 Å². The van der Waals surface area contributed by atoms with Crippen LogP contribution in [-0.2, 0) is 11.2 Å². The lowest BCUT2D eigenvalue weighted by Gasteiger charge is -2.04. The Bertz CT molecular complexity index is 334. The first-order valence-corrected chi connectivity index (χ1v) is 5.05. The quantitative estimate of drug-likeness (QED) is 0.566. The smallest absolute Gasteiger partial charge is 0.0850 e. The van der Waals surface area contributed by atoms with E-state index in [1.165, 1.54) is 0 Å². The van der Waals surface area contributed by atoms with Gasteiger partial charge in [-0.1, -0.05) is 34.8 Å². The van der Waals surface area contributed by atoms with Gasteiger partial charge < -0.3 is 4.74 Å². The molecule has 70 valence electrons. The maximum atomic E-state index is 5.97.